The molecule has 1 fully saturated rings. The summed E-state index contributed by atoms with van der Waals surface area (Å²) in [6.07, 6.45) is 0.737. The molecule has 0 unspecified atom stereocenters. The van der Waals surface area contributed by atoms with E-state index in [9.17, 15) is 14.9 Å². The number of rotatable bonds is 2. The lowest BCUT2D eigenvalue weighted by molar-refractivity contribution is -0.384. The molecule has 1 atom stereocenters. The van der Waals surface area contributed by atoms with Crippen LogP contribution in [0.25, 0.3) is 0 Å². The van der Waals surface area contributed by atoms with Crippen LogP contribution in [0.3, 0.4) is 0 Å². The Balaban J connectivity index is 2.31. The zero-order valence-electron chi connectivity index (χ0n) is 11.2. The minimum absolute atomic E-state index is 0.0173. The average molecular weight is 279 g/mol. The second kappa shape index (κ2) is 5.87. The first-order valence-corrected chi connectivity index (χ1v) is 6.43. The summed E-state index contributed by atoms with van der Waals surface area (Å²) in [7, 11) is 0. The van der Waals surface area contributed by atoms with Gasteiger partial charge in [0.15, 0.2) is 0 Å². The Hall–Kier alpha value is -2.15. The van der Waals surface area contributed by atoms with Crippen molar-refractivity contribution in [1.82, 2.24) is 4.90 Å². The number of nitrogens with zero attached hydrogens (tertiary/aromatic N) is 2. The number of benzene rings is 1. The molecule has 1 aliphatic heterocycles. The van der Waals surface area contributed by atoms with E-state index in [1.807, 2.05) is 6.92 Å². The lowest BCUT2D eigenvalue weighted by Crippen LogP contribution is -2.39. The van der Waals surface area contributed by atoms with E-state index in [-0.39, 0.29) is 28.9 Å². The molecule has 7 nitrogen and oxygen atoms in total. The molecule has 0 radical (unpaired) electrons. The van der Waals surface area contributed by atoms with Crippen molar-refractivity contribution in [3.63, 3.8) is 0 Å². The molecule has 0 spiro atoms. The number of non-ortho nitro benzene ring substituents is 1. The normalized spacial score (nSPS) is 19.4. The average Bonchev–Trinajstić information content (AvgIpc) is 2.63. The number of nitro groups is 1. The maximum Gasteiger partial charge on any atom is 0.270 e. The van der Waals surface area contributed by atoms with Crippen molar-refractivity contribution in [2.24, 2.45) is 0 Å². The maximum atomic E-state index is 12.5. The Kier molecular flexibility index (Phi) is 4.19. The van der Waals surface area contributed by atoms with Crippen LogP contribution in [0.15, 0.2) is 18.2 Å². The molecule has 2 N–H and O–H groups in total. The first kappa shape index (κ1) is 14.3. The molecule has 0 saturated carbocycles. The quantitative estimate of drug-likeness (QED) is 0.501. The minimum atomic E-state index is -0.537. The number of carbonyl (C=O) groups is 1. The van der Waals surface area contributed by atoms with Gasteiger partial charge < -0.3 is 15.4 Å². The van der Waals surface area contributed by atoms with Gasteiger partial charge in [-0.15, -0.1) is 0 Å². The van der Waals surface area contributed by atoms with E-state index >= 15 is 0 Å². The molecule has 1 heterocycles. The van der Waals surface area contributed by atoms with Crippen molar-refractivity contribution in [1.29, 1.82) is 0 Å². The molecule has 0 aromatic heterocycles. The number of hydrogen-bond donors (Lipinski definition) is 1. The number of nitrogens with two attached hydrogens (primary N) is 1. The molecule has 1 aliphatic rings. The fraction of sp³-hybridized carbons (Fsp3) is 0.462. The molecule has 1 amide bonds. The van der Waals surface area contributed by atoms with Gasteiger partial charge in [-0.2, -0.15) is 0 Å². The molecule has 1 saturated heterocycles. The third-order valence-electron chi connectivity index (χ3n) is 3.43. The zero-order chi connectivity index (χ0) is 14.7. The van der Waals surface area contributed by atoms with Crippen molar-refractivity contribution < 1.29 is 14.5 Å². The lowest BCUT2D eigenvalue weighted by atomic mass is 10.1. The topological polar surface area (TPSA) is 98.7 Å². The van der Waals surface area contributed by atoms with Gasteiger partial charge in [0, 0.05) is 37.0 Å². The Morgan fingerprint density at radius 2 is 2.25 bits per heavy atom. The summed E-state index contributed by atoms with van der Waals surface area (Å²) >= 11 is 0. The molecule has 2 rings (SSSR count). The van der Waals surface area contributed by atoms with E-state index in [1.165, 1.54) is 18.2 Å². The lowest BCUT2D eigenvalue weighted by Gasteiger charge is -2.26. The largest absolute Gasteiger partial charge is 0.398 e. The highest BCUT2D eigenvalue weighted by Crippen LogP contribution is 2.23. The summed E-state index contributed by atoms with van der Waals surface area (Å²) < 4.78 is 5.34. The van der Waals surface area contributed by atoms with Crippen molar-refractivity contribution in [3.05, 3.63) is 33.9 Å². The second-order valence-electron chi connectivity index (χ2n) is 4.78. The number of carbonyl (C=O) groups excluding carboxylic acids is 1. The van der Waals surface area contributed by atoms with Crippen molar-refractivity contribution in [2.45, 2.75) is 19.4 Å². The predicted octanol–water partition coefficient (Wildman–Crippen LogP) is 1.43. The van der Waals surface area contributed by atoms with E-state index < -0.39 is 4.92 Å². The Bertz CT molecular complexity index is 532. The van der Waals surface area contributed by atoms with Crippen LogP contribution in [0.4, 0.5) is 11.4 Å². The predicted molar refractivity (Wildman–Crippen MR) is 73.4 cm³/mol. The number of nitrogen functional groups attached to an aromatic ring is 1. The summed E-state index contributed by atoms with van der Waals surface area (Å²) in [5.41, 5.74) is 6.06. The molecule has 0 aliphatic carbocycles. The molecule has 108 valence electrons. The van der Waals surface area contributed by atoms with Crippen LogP contribution in [0.2, 0.25) is 0 Å². The molecule has 7 heteroatoms. The van der Waals surface area contributed by atoms with Gasteiger partial charge >= 0.3 is 0 Å². The number of ether oxygens (including phenoxy) is 1. The molecular weight excluding hydrogens is 262 g/mol. The van der Waals surface area contributed by atoms with Crippen LogP contribution in [-0.4, -0.2) is 41.5 Å². The van der Waals surface area contributed by atoms with Gasteiger partial charge in [-0.05, 0) is 19.4 Å². The summed E-state index contributed by atoms with van der Waals surface area (Å²) in [6, 6.07) is 3.94. The third-order valence-corrected chi connectivity index (χ3v) is 3.43. The highest BCUT2D eigenvalue weighted by atomic mass is 16.6. The fourth-order valence-electron chi connectivity index (χ4n) is 2.19. The monoisotopic (exact) mass is 279 g/mol. The Morgan fingerprint density at radius 1 is 1.50 bits per heavy atom. The third kappa shape index (κ3) is 2.88. The van der Waals surface area contributed by atoms with Crippen LogP contribution in [-0.2, 0) is 4.74 Å². The van der Waals surface area contributed by atoms with Crippen LogP contribution in [0.1, 0.15) is 23.7 Å². The van der Waals surface area contributed by atoms with Crippen molar-refractivity contribution in [2.75, 3.05) is 25.5 Å². The van der Waals surface area contributed by atoms with Crippen molar-refractivity contribution in [3.8, 4) is 0 Å². The fourth-order valence-corrected chi connectivity index (χ4v) is 2.19. The Morgan fingerprint density at radius 3 is 2.95 bits per heavy atom. The van der Waals surface area contributed by atoms with Gasteiger partial charge in [-0.25, -0.2) is 0 Å². The first-order chi connectivity index (χ1) is 9.50. The Labute approximate surface area is 116 Å². The van der Waals surface area contributed by atoms with Gasteiger partial charge in [0.2, 0.25) is 0 Å². The van der Waals surface area contributed by atoms with Gasteiger partial charge in [-0.3, -0.25) is 14.9 Å². The zero-order valence-corrected chi connectivity index (χ0v) is 11.2. The van der Waals surface area contributed by atoms with Crippen LogP contribution in [0.5, 0.6) is 0 Å². The van der Waals surface area contributed by atoms with Gasteiger partial charge in [-0.1, -0.05) is 0 Å². The second-order valence-corrected chi connectivity index (χ2v) is 4.78. The molecule has 1 aromatic rings. The van der Waals surface area contributed by atoms with Gasteiger partial charge in [0.25, 0.3) is 11.6 Å². The van der Waals surface area contributed by atoms with E-state index in [4.69, 9.17) is 10.5 Å². The van der Waals surface area contributed by atoms with E-state index in [0.717, 1.165) is 6.42 Å². The summed E-state index contributed by atoms with van der Waals surface area (Å²) in [4.78, 5) is 24.4. The van der Waals surface area contributed by atoms with E-state index in [1.54, 1.807) is 4.90 Å². The standard InChI is InChI=1S/C13H17N3O4/c1-9-4-6-20-7-5-15(9)13(17)11-8-10(16(18)19)2-3-12(11)14/h2-3,8-9H,4-7,14H2,1H3/t9-/m0/s1. The number of anilines is 1. The molecule has 0 bridgehead atoms. The molecular formula is C13H17N3O4. The SMILES string of the molecule is C[C@H]1CCOCCN1C(=O)c1cc([N+](=O)[O-])ccc1N. The van der Waals surface area contributed by atoms with E-state index in [0.29, 0.717) is 19.8 Å². The highest BCUT2D eigenvalue weighted by molar-refractivity contribution is 6.00. The number of nitro benzene ring substituents is 1. The van der Waals surface area contributed by atoms with E-state index in [2.05, 4.69) is 0 Å². The molecule has 20 heavy (non-hydrogen) atoms. The van der Waals surface area contributed by atoms with Gasteiger partial charge in [0.05, 0.1) is 17.1 Å². The maximum absolute atomic E-state index is 12.5. The van der Waals surface area contributed by atoms with Crippen LogP contribution >= 0.6 is 0 Å². The summed E-state index contributed by atoms with van der Waals surface area (Å²) in [6.45, 7) is 3.46. The summed E-state index contributed by atoms with van der Waals surface area (Å²) in [5.74, 6) is -0.288. The highest BCUT2D eigenvalue weighted by Gasteiger charge is 2.26. The minimum Gasteiger partial charge on any atom is -0.398 e. The van der Waals surface area contributed by atoms with Crippen LogP contribution < -0.4 is 5.73 Å². The molecule has 1 aromatic carbocycles. The van der Waals surface area contributed by atoms with Crippen LogP contribution in [0, 0.1) is 10.1 Å². The number of amides is 1. The number of hydrogen-bond acceptors (Lipinski definition) is 5. The first-order valence-electron chi connectivity index (χ1n) is 6.43. The van der Waals surface area contributed by atoms with Gasteiger partial charge in [0.1, 0.15) is 0 Å². The smallest absolute Gasteiger partial charge is 0.270 e. The summed E-state index contributed by atoms with van der Waals surface area (Å²) in [5, 5.41) is 10.8. The van der Waals surface area contributed by atoms with Crippen molar-refractivity contribution >= 4 is 17.3 Å².